The van der Waals surface area contributed by atoms with Crippen molar-refractivity contribution >= 4 is 17.0 Å². The normalized spacial score (nSPS) is 12.4. The van der Waals surface area contributed by atoms with Gasteiger partial charge in [0, 0.05) is 6.07 Å². The molecule has 6 heteroatoms. The van der Waals surface area contributed by atoms with Gasteiger partial charge in [-0.2, -0.15) is 15.7 Å². The smallest absolute Gasteiger partial charge is 0.305 e. The maximum Gasteiger partial charge on any atom is 0.305 e. The van der Waals surface area contributed by atoms with E-state index in [1.165, 1.54) is 23.5 Å². The fraction of sp³-hybridized carbons (Fsp3) is 0.0909. The Morgan fingerprint density at radius 3 is 2.71 bits per heavy atom. The number of halogens is 1. The molecule has 1 aromatic carbocycles. The van der Waals surface area contributed by atoms with Crippen LogP contribution in [0.15, 0.2) is 35.0 Å². The van der Waals surface area contributed by atoms with Crippen LogP contribution in [0.4, 0.5) is 10.1 Å². The SMILES string of the molecule is N[C@@H](c1ccsc1)c1ccc(F)c([N+](=O)[O-])c1. The highest BCUT2D eigenvalue weighted by Crippen LogP contribution is 2.26. The van der Waals surface area contributed by atoms with Crippen LogP contribution in [0.5, 0.6) is 0 Å². The molecule has 0 aliphatic carbocycles. The van der Waals surface area contributed by atoms with Crippen molar-refractivity contribution in [1.82, 2.24) is 0 Å². The summed E-state index contributed by atoms with van der Waals surface area (Å²) in [6.45, 7) is 0. The standard InChI is InChI=1S/C11H9FN2O2S/c12-9-2-1-7(5-10(9)14(15)16)11(13)8-3-4-17-6-8/h1-6,11H,13H2/t11-/m1/s1. The fourth-order valence-corrected chi connectivity index (χ4v) is 2.20. The molecule has 1 aromatic heterocycles. The molecular weight excluding hydrogens is 243 g/mol. The molecule has 0 fully saturated rings. The van der Waals surface area contributed by atoms with E-state index in [0.717, 1.165) is 11.6 Å². The maximum atomic E-state index is 13.1. The van der Waals surface area contributed by atoms with Gasteiger partial charge in [-0.3, -0.25) is 10.1 Å². The summed E-state index contributed by atoms with van der Waals surface area (Å²) >= 11 is 1.49. The second-order valence-corrected chi connectivity index (χ2v) is 4.28. The topological polar surface area (TPSA) is 69.2 Å². The van der Waals surface area contributed by atoms with Gasteiger partial charge in [0.1, 0.15) is 0 Å². The lowest BCUT2D eigenvalue weighted by molar-refractivity contribution is -0.387. The van der Waals surface area contributed by atoms with E-state index in [1.807, 2.05) is 16.8 Å². The lowest BCUT2D eigenvalue weighted by Gasteiger charge is -2.10. The van der Waals surface area contributed by atoms with Crippen molar-refractivity contribution in [2.45, 2.75) is 6.04 Å². The molecule has 17 heavy (non-hydrogen) atoms. The molecule has 2 aromatic rings. The molecule has 88 valence electrons. The molecule has 0 amide bonds. The van der Waals surface area contributed by atoms with Crippen LogP contribution in [-0.4, -0.2) is 4.92 Å². The van der Waals surface area contributed by atoms with E-state index >= 15 is 0 Å². The molecule has 0 unspecified atom stereocenters. The van der Waals surface area contributed by atoms with E-state index in [1.54, 1.807) is 0 Å². The number of rotatable bonds is 3. The van der Waals surface area contributed by atoms with E-state index < -0.39 is 22.5 Å². The monoisotopic (exact) mass is 252 g/mol. The number of hydrogen-bond donors (Lipinski definition) is 1. The molecule has 0 saturated carbocycles. The number of thiophene rings is 1. The van der Waals surface area contributed by atoms with E-state index in [0.29, 0.717) is 5.56 Å². The molecule has 0 bridgehead atoms. The second-order valence-electron chi connectivity index (χ2n) is 3.50. The molecule has 4 nitrogen and oxygen atoms in total. The highest BCUT2D eigenvalue weighted by Gasteiger charge is 2.18. The van der Waals surface area contributed by atoms with Crippen LogP contribution in [-0.2, 0) is 0 Å². The molecule has 2 N–H and O–H groups in total. The van der Waals surface area contributed by atoms with Crippen molar-refractivity contribution in [2.24, 2.45) is 5.73 Å². The lowest BCUT2D eigenvalue weighted by atomic mass is 10.0. The van der Waals surface area contributed by atoms with Gasteiger partial charge in [0.15, 0.2) is 0 Å². The Balaban J connectivity index is 2.40. The number of nitrogens with zero attached hydrogens (tertiary/aromatic N) is 1. The summed E-state index contributed by atoms with van der Waals surface area (Å²) in [7, 11) is 0. The first kappa shape index (κ1) is 11.7. The van der Waals surface area contributed by atoms with Gasteiger partial charge in [0.05, 0.1) is 11.0 Å². The third kappa shape index (κ3) is 2.32. The van der Waals surface area contributed by atoms with Crippen molar-refractivity contribution in [1.29, 1.82) is 0 Å². The van der Waals surface area contributed by atoms with Gasteiger partial charge in [-0.05, 0) is 34.0 Å². The Labute approximate surface area is 101 Å². The van der Waals surface area contributed by atoms with E-state index in [-0.39, 0.29) is 0 Å². The molecule has 0 saturated heterocycles. The number of nitrogens with two attached hydrogens (primary N) is 1. The minimum atomic E-state index is -0.851. The van der Waals surface area contributed by atoms with Gasteiger partial charge >= 0.3 is 5.69 Å². The van der Waals surface area contributed by atoms with E-state index in [4.69, 9.17) is 5.73 Å². The summed E-state index contributed by atoms with van der Waals surface area (Å²) in [5.74, 6) is -0.851. The third-order valence-electron chi connectivity index (χ3n) is 2.43. The minimum Gasteiger partial charge on any atom is -0.320 e. The van der Waals surface area contributed by atoms with Crippen molar-refractivity contribution in [3.05, 3.63) is 62.1 Å². The van der Waals surface area contributed by atoms with E-state index in [2.05, 4.69) is 0 Å². The summed E-state index contributed by atoms with van der Waals surface area (Å²) in [5, 5.41) is 14.3. The van der Waals surface area contributed by atoms with Crippen LogP contribution >= 0.6 is 11.3 Å². The molecule has 1 heterocycles. The van der Waals surface area contributed by atoms with Crippen LogP contribution in [0.2, 0.25) is 0 Å². The molecule has 1 atom stereocenters. The average molecular weight is 252 g/mol. The number of nitro benzene ring substituents is 1. The van der Waals surface area contributed by atoms with Crippen molar-refractivity contribution in [3.8, 4) is 0 Å². The Morgan fingerprint density at radius 2 is 2.12 bits per heavy atom. The Bertz CT molecular complexity index is 542. The number of benzene rings is 1. The average Bonchev–Trinajstić information content (AvgIpc) is 2.81. The summed E-state index contributed by atoms with van der Waals surface area (Å²) in [4.78, 5) is 9.86. The van der Waals surface area contributed by atoms with Crippen molar-refractivity contribution < 1.29 is 9.31 Å². The lowest BCUT2D eigenvalue weighted by Crippen LogP contribution is -2.11. The molecule has 0 spiro atoms. The molecule has 0 aliphatic heterocycles. The Hall–Kier alpha value is -1.79. The summed E-state index contributed by atoms with van der Waals surface area (Å²) < 4.78 is 13.1. The second kappa shape index (κ2) is 4.60. The van der Waals surface area contributed by atoms with Gasteiger partial charge in [-0.25, -0.2) is 0 Å². The number of hydrogen-bond acceptors (Lipinski definition) is 4. The first-order valence-corrected chi connectivity index (χ1v) is 5.75. The van der Waals surface area contributed by atoms with Gasteiger partial charge in [0.25, 0.3) is 0 Å². The van der Waals surface area contributed by atoms with Crippen LogP contribution < -0.4 is 5.73 Å². The van der Waals surface area contributed by atoms with Gasteiger partial charge in [-0.15, -0.1) is 0 Å². The zero-order valence-electron chi connectivity index (χ0n) is 8.67. The summed E-state index contributed by atoms with van der Waals surface area (Å²) in [5.41, 5.74) is 6.78. The zero-order chi connectivity index (χ0) is 12.4. The highest BCUT2D eigenvalue weighted by atomic mass is 32.1. The maximum absolute atomic E-state index is 13.1. The first-order chi connectivity index (χ1) is 8.09. The third-order valence-corrected chi connectivity index (χ3v) is 3.13. The summed E-state index contributed by atoms with van der Waals surface area (Å²) in [6.07, 6.45) is 0. The molecular formula is C11H9FN2O2S. The number of nitro groups is 1. The van der Waals surface area contributed by atoms with Gasteiger partial charge < -0.3 is 5.73 Å². The largest absolute Gasteiger partial charge is 0.320 e. The van der Waals surface area contributed by atoms with Crippen molar-refractivity contribution in [2.75, 3.05) is 0 Å². The van der Waals surface area contributed by atoms with Gasteiger partial charge in [-0.1, -0.05) is 6.07 Å². The predicted octanol–water partition coefficient (Wildman–Crippen LogP) is 2.84. The molecule has 2 rings (SSSR count). The van der Waals surface area contributed by atoms with E-state index in [9.17, 15) is 14.5 Å². The molecule has 0 aliphatic rings. The Kier molecular flexibility index (Phi) is 3.16. The zero-order valence-corrected chi connectivity index (χ0v) is 9.49. The van der Waals surface area contributed by atoms with Crippen LogP contribution in [0, 0.1) is 15.9 Å². The van der Waals surface area contributed by atoms with Gasteiger partial charge in [0.2, 0.25) is 5.82 Å². The minimum absolute atomic E-state index is 0.472. The summed E-state index contributed by atoms with van der Waals surface area (Å²) in [6, 6.07) is 5.08. The fourth-order valence-electron chi connectivity index (χ4n) is 1.51. The predicted molar refractivity (Wildman–Crippen MR) is 63.4 cm³/mol. The van der Waals surface area contributed by atoms with Crippen LogP contribution in [0.3, 0.4) is 0 Å². The molecule has 0 radical (unpaired) electrons. The van der Waals surface area contributed by atoms with Crippen LogP contribution in [0.25, 0.3) is 0 Å². The Morgan fingerprint density at radius 1 is 1.35 bits per heavy atom. The quantitative estimate of drug-likeness (QED) is 0.674. The van der Waals surface area contributed by atoms with Crippen LogP contribution in [0.1, 0.15) is 17.2 Å². The highest BCUT2D eigenvalue weighted by molar-refractivity contribution is 7.08. The first-order valence-electron chi connectivity index (χ1n) is 4.81. The van der Waals surface area contributed by atoms with Crippen molar-refractivity contribution in [3.63, 3.8) is 0 Å².